The second-order valence-corrected chi connectivity index (χ2v) is 5.48. The summed E-state index contributed by atoms with van der Waals surface area (Å²) in [7, 11) is 0. The fraction of sp³-hybridized carbons (Fsp3) is 0.588. The summed E-state index contributed by atoms with van der Waals surface area (Å²) < 4.78 is 12.5. The minimum absolute atomic E-state index is 0.724. The van der Waals surface area contributed by atoms with Crippen molar-refractivity contribution in [3.05, 3.63) is 36.5 Å². The molecule has 0 radical (unpaired) electrons. The van der Waals surface area contributed by atoms with Gasteiger partial charge in [-0.25, -0.2) is 0 Å². The quantitative estimate of drug-likeness (QED) is 0.343. The van der Waals surface area contributed by atoms with Crippen molar-refractivity contribution in [3.8, 4) is 0 Å². The summed E-state index contributed by atoms with van der Waals surface area (Å²) in [5.41, 5.74) is 0. The van der Waals surface area contributed by atoms with E-state index in [2.05, 4.69) is 25.9 Å². The van der Waals surface area contributed by atoms with E-state index in [9.17, 15) is 0 Å². The molecule has 2 heterocycles. The topological polar surface area (TPSA) is 89.5 Å². The predicted molar refractivity (Wildman–Crippen MR) is 96.5 cm³/mol. The van der Waals surface area contributed by atoms with Gasteiger partial charge >= 0.3 is 0 Å². The average Bonchev–Trinajstić information content (AvgIpc) is 3.31. The van der Waals surface area contributed by atoms with Crippen LogP contribution >= 0.6 is 0 Å². The van der Waals surface area contributed by atoms with E-state index < -0.39 is 0 Å². The van der Waals surface area contributed by atoms with E-state index in [0.29, 0.717) is 0 Å². The van der Waals surface area contributed by atoms with E-state index >= 15 is 0 Å². The lowest BCUT2D eigenvalue weighted by Gasteiger charge is -2.12. The average molecular weight is 348 g/mol. The highest BCUT2D eigenvalue weighted by atomic mass is 16.5. The van der Waals surface area contributed by atoms with E-state index in [-0.39, 0.29) is 0 Å². The molecular weight excluding hydrogens is 320 g/mol. The predicted octanol–water partition coefficient (Wildman–Crippen LogP) is 1.47. The number of ether oxygens (including phenoxy) is 1. The summed E-state index contributed by atoms with van der Waals surface area (Å²) in [6, 6.07) is 3.88. The Kier molecular flexibility index (Phi) is 9.17. The Balaban J connectivity index is 1.70. The van der Waals surface area contributed by atoms with Gasteiger partial charge in [0.15, 0.2) is 5.96 Å². The van der Waals surface area contributed by atoms with Gasteiger partial charge in [-0.1, -0.05) is 5.21 Å². The van der Waals surface area contributed by atoms with Crippen LogP contribution in [-0.2, 0) is 17.7 Å². The van der Waals surface area contributed by atoms with E-state index in [1.165, 1.54) is 0 Å². The Morgan fingerprint density at radius 1 is 1.32 bits per heavy atom. The Hall–Kier alpha value is -2.35. The fourth-order valence-electron chi connectivity index (χ4n) is 2.23. The fourth-order valence-corrected chi connectivity index (χ4v) is 2.23. The Morgan fingerprint density at radius 2 is 2.24 bits per heavy atom. The molecule has 0 amide bonds. The first-order valence-electron chi connectivity index (χ1n) is 8.85. The standard InChI is InChI=1S/C17H28N6O2/c1-2-24-14-5-9-19-17(20-10-7-16-6-3-15-25-16)18-8-4-12-23-13-11-21-22-23/h3,6,11,13,15H,2,4-5,7-10,12,14H2,1H3,(H2,18,19,20). The lowest BCUT2D eigenvalue weighted by atomic mass is 10.3. The van der Waals surface area contributed by atoms with Gasteiger partial charge in [0.05, 0.1) is 12.5 Å². The van der Waals surface area contributed by atoms with Gasteiger partial charge in [-0.15, -0.1) is 5.10 Å². The number of nitrogens with zero attached hydrogens (tertiary/aromatic N) is 4. The maximum atomic E-state index is 5.36. The monoisotopic (exact) mass is 348 g/mol. The van der Waals surface area contributed by atoms with Crippen LogP contribution in [0.15, 0.2) is 40.2 Å². The molecule has 0 aliphatic carbocycles. The summed E-state index contributed by atoms with van der Waals surface area (Å²) in [4.78, 5) is 4.62. The zero-order chi connectivity index (χ0) is 17.6. The molecule has 0 atom stereocenters. The lowest BCUT2D eigenvalue weighted by molar-refractivity contribution is 0.145. The smallest absolute Gasteiger partial charge is 0.191 e. The molecule has 25 heavy (non-hydrogen) atoms. The number of nitrogens with one attached hydrogen (secondary N) is 2. The highest BCUT2D eigenvalue weighted by Gasteiger charge is 2.00. The van der Waals surface area contributed by atoms with Crippen molar-refractivity contribution in [2.24, 2.45) is 4.99 Å². The molecule has 2 aromatic rings. The molecule has 0 aliphatic rings. The lowest BCUT2D eigenvalue weighted by Crippen LogP contribution is -2.39. The minimum atomic E-state index is 0.724. The summed E-state index contributed by atoms with van der Waals surface area (Å²) in [6.07, 6.45) is 7.92. The second-order valence-electron chi connectivity index (χ2n) is 5.48. The molecule has 2 N–H and O–H groups in total. The zero-order valence-corrected chi connectivity index (χ0v) is 14.9. The van der Waals surface area contributed by atoms with Gasteiger partial charge in [0.1, 0.15) is 5.76 Å². The normalized spacial score (nSPS) is 11.6. The largest absolute Gasteiger partial charge is 0.469 e. The molecular formula is C17H28N6O2. The molecule has 0 aromatic carbocycles. The van der Waals surface area contributed by atoms with Crippen molar-refractivity contribution >= 4 is 5.96 Å². The number of guanidine groups is 1. The summed E-state index contributed by atoms with van der Waals surface area (Å²) in [5, 5.41) is 14.4. The maximum absolute atomic E-state index is 5.36. The number of aryl methyl sites for hydroxylation is 1. The van der Waals surface area contributed by atoms with E-state index in [1.807, 2.05) is 29.9 Å². The van der Waals surface area contributed by atoms with Crippen molar-refractivity contribution < 1.29 is 9.15 Å². The first-order chi connectivity index (χ1) is 12.4. The molecule has 0 aliphatic heterocycles. The van der Waals surface area contributed by atoms with Crippen LogP contribution in [0, 0.1) is 0 Å². The Morgan fingerprint density at radius 3 is 3.00 bits per heavy atom. The number of aliphatic imine (C=N–C) groups is 1. The van der Waals surface area contributed by atoms with Crippen LogP contribution in [-0.4, -0.2) is 53.8 Å². The van der Waals surface area contributed by atoms with Crippen molar-refractivity contribution in [2.45, 2.75) is 32.7 Å². The Labute approximate surface area is 148 Å². The molecule has 138 valence electrons. The first kappa shape index (κ1) is 19.0. The van der Waals surface area contributed by atoms with E-state index in [0.717, 1.165) is 70.4 Å². The minimum Gasteiger partial charge on any atom is -0.469 e. The van der Waals surface area contributed by atoms with Gasteiger partial charge in [0.25, 0.3) is 0 Å². The zero-order valence-electron chi connectivity index (χ0n) is 14.9. The van der Waals surface area contributed by atoms with Crippen LogP contribution in [0.3, 0.4) is 0 Å². The number of rotatable bonds is 12. The third kappa shape index (κ3) is 8.35. The molecule has 8 heteroatoms. The van der Waals surface area contributed by atoms with Crippen LogP contribution < -0.4 is 10.6 Å². The molecule has 2 rings (SSSR count). The third-order valence-corrected chi connectivity index (χ3v) is 3.49. The first-order valence-corrected chi connectivity index (χ1v) is 8.85. The van der Waals surface area contributed by atoms with E-state index in [1.54, 1.807) is 12.5 Å². The number of furan rings is 1. The molecule has 2 aromatic heterocycles. The van der Waals surface area contributed by atoms with Crippen LogP contribution in [0.25, 0.3) is 0 Å². The molecule has 8 nitrogen and oxygen atoms in total. The third-order valence-electron chi connectivity index (χ3n) is 3.49. The second kappa shape index (κ2) is 12.1. The molecule has 0 fully saturated rings. The SMILES string of the molecule is CCOCCCNC(=NCCCn1ccnn1)NCCc1ccco1. The van der Waals surface area contributed by atoms with Gasteiger partial charge in [0, 0.05) is 52.0 Å². The van der Waals surface area contributed by atoms with Gasteiger partial charge in [0.2, 0.25) is 0 Å². The van der Waals surface area contributed by atoms with Gasteiger partial charge in [-0.3, -0.25) is 9.67 Å². The van der Waals surface area contributed by atoms with Crippen molar-refractivity contribution in [2.75, 3.05) is 32.8 Å². The maximum Gasteiger partial charge on any atom is 0.191 e. The molecule has 0 saturated heterocycles. The summed E-state index contributed by atoms with van der Waals surface area (Å²) >= 11 is 0. The number of hydrogen-bond donors (Lipinski definition) is 2. The number of hydrogen-bond acceptors (Lipinski definition) is 5. The van der Waals surface area contributed by atoms with Gasteiger partial charge in [-0.05, 0) is 31.9 Å². The van der Waals surface area contributed by atoms with Crippen molar-refractivity contribution in [3.63, 3.8) is 0 Å². The highest BCUT2D eigenvalue weighted by Crippen LogP contribution is 1.99. The van der Waals surface area contributed by atoms with Crippen LogP contribution in [0.5, 0.6) is 0 Å². The van der Waals surface area contributed by atoms with Gasteiger partial charge in [-0.2, -0.15) is 0 Å². The van der Waals surface area contributed by atoms with Crippen molar-refractivity contribution in [1.82, 2.24) is 25.6 Å². The highest BCUT2D eigenvalue weighted by molar-refractivity contribution is 5.79. The van der Waals surface area contributed by atoms with Gasteiger partial charge < -0.3 is 19.8 Å². The molecule has 0 bridgehead atoms. The Bertz CT molecular complexity index is 568. The molecule has 0 unspecified atom stereocenters. The molecule has 0 saturated carbocycles. The summed E-state index contributed by atoms with van der Waals surface area (Å²) in [5.74, 6) is 1.79. The number of aromatic nitrogens is 3. The van der Waals surface area contributed by atoms with Crippen LogP contribution in [0.2, 0.25) is 0 Å². The van der Waals surface area contributed by atoms with Crippen LogP contribution in [0.4, 0.5) is 0 Å². The van der Waals surface area contributed by atoms with Crippen molar-refractivity contribution in [1.29, 1.82) is 0 Å². The summed E-state index contributed by atoms with van der Waals surface area (Å²) in [6.45, 7) is 6.66. The molecule has 0 spiro atoms. The van der Waals surface area contributed by atoms with Crippen LogP contribution in [0.1, 0.15) is 25.5 Å². The van der Waals surface area contributed by atoms with E-state index in [4.69, 9.17) is 9.15 Å².